The summed E-state index contributed by atoms with van der Waals surface area (Å²) in [7, 11) is 0. The summed E-state index contributed by atoms with van der Waals surface area (Å²) in [5, 5.41) is 9.15. The number of hydrogen-bond acceptors (Lipinski definition) is 5. The zero-order chi connectivity index (χ0) is 20.5. The Morgan fingerprint density at radius 1 is 1.00 bits per heavy atom. The summed E-state index contributed by atoms with van der Waals surface area (Å²) in [5.41, 5.74) is 0.825. The Hall–Kier alpha value is -3.26. The molecule has 150 valence electrons. The first-order valence-electron chi connectivity index (χ1n) is 9.39. The van der Waals surface area contributed by atoms with E-state index in [9.17, 15) is 18.8 Å². The Kier molecular flexibility index (Phi) is 5.02. The molecule has 2 amide bonds. The van der Waals surface area contributed by atoms with Gasteiger partial charge in [-0.25, -0.2) is 14.1 Å². The Morgan fingerprint density at radius 2 is 1.72 bits per heavy atom. The zero-order valence-electron chi connectivity index (χ0n) is 15.6. The van der Waals surface area contributed by atoms with E-state index in [1.807, 2.05) is 9.80 Å². The first-order valence-corrected chi connectivity index (χ1v) is 9.39. The molecule has 2 saturated heterocycles. The topological polar surface area (TPSA) is 81.2 Å². The third-order valence-electron chi connectivity index (χ3n) is 5.42. The van der Waals surface area contributed by atoms with E-state index in [4.69, 9.17) is 5.11 Å². The fourth-order valence-corrected chi connectivity index (χ4v) is 3.93. The molecule has 0 radical (unpaired) electrons. The fourth-order valence-electron chi connectivity index (χ4n) is 3.93. The van der Waals surface area contributed by atoms with E-state index in [0.717, 1.165) is 4.90 Å². The predicted molar refractivity (Wildman–Crippen MR) is 104 cm³/mol. The molecule has 2 aromatic rings. The van der Waals surface area contributed by atoms with Crippen molar-refractivity contribution in [3.8, 4) is 0 Å². The van der Waals surface area contributed by atoms with Gasteiger partial charge in [-0.1, -0.05) is 18.2 Å². The molecule has 1 atom stereocenters. The second-order valence-electron chi connectivity index (χ2n) is 7.12. The lowest BCUT2D eigenvalue weighted by Gasteiger charge is -2.38. The van der Waals surface area contributed by atoms with E-state index in [2.05, 4.69) is 0 Å². The fraction of sp³-hybridized carbons (Fsp3) is 0.286. The highest BCUT2D eigenvalue weighted by atomic mass is 19.1. The maximum Gasteiger partial charge on any atom is 0.335 e. The summed E-state index contributed by atoms with van der Waals surface area (Å²) in [5.74, 6) is -2.10. The number of piperazine rings is 1. The minimum Gasteiger partial charge on any atom is -0.478 e. The van der Waals surface area contributed by atoms with Crippen molar-refractivity contribution in [2.75, 3.05) is 36.0 Å². The van der Waals surface area contributed by atoms with Gasteiger partial charge in [-0.15, -0.1) is 0 Å². The summed E-state index contributed by atoms with van der Waals surface area (Å²) in [6.45, 7) is 2.16. The Balaban J connectivity index is 1.47. The molecule has 2 fully saturated rings. The van der Waals surface area contributed by atoms with Crippen LogP contribution in [0.5, 0.6) is 0 Å². The highest BCUT2D eigenvalue weighted by Gasteiger charge is 2.43. The van der Waals surface area contributed by atoms with Crippen LogP contribution in [-0.2, 0) is 9.59 Å². The van der Waals surface area contributed by atoms with Gasteiger partial charge in [0.1, 0.15) is 5.82 Å². The van der Waals surface area contributed by atoms with Crippen LogP contribution in [0.2, 0.25) is 0 Å². The molecule has 0 saturated carbocycles. The van der Waals surface area contributed by atoms with E-state index in [1.54, 1.807) is 24.3 Å². The maximum atomic E-state index is 14.0. The molecule has 0 bridgehead atoms. The molecule has 1 unspecified atom stereocenters. The summed E-state index contributed by atoms with van der Waals surface area (Å²) in [6.07, 6.45) is 0.0514. The van der Waals surface area contributed by atoms with Crippen molar-refractivity contribution in [2.45, 2.75) is 12.5 Å². The lowest BCUT2D eigenvalue weighted by atomic mass is 10.1. The van der Waals surface area contributed by atoms with Gasteiger partial charge in [-0.05, 0) is 30.3 Å². The predicted octanol–water partition coefficient (Wildman–Crippen LogP) is 1.98. The van der Waals surface area contributed by atoms with Gasteiger partial charge in [0.25, 0.3) is 5.91 Å². The molecule has 0 spiro atoms. The molecule has 2 aliphatic rings. The van der Waals surface area contributed by atoms with Crippen LogP contribution in [0.25, 0.3) is 0 Å². The number of aromatic carboxylic acids is 1. The number of carbonyl (C=O) groups excluding carboxylic acids is 2. The van der Waals surface area contributed by atoms with Crippen LogP contribution in [-0.4, -0.2) is 60.0 Å². The molecule has 4 rings (SSSR count). The van der Waals surface area contributed by atoms with Gasteiger partial charge >= 0.3 is 5.97 Å². The molecule has 2 heterocycles. The highest BCUT2D eigenvalue weighted by Crippen LogP contribution is 2.28. The largest absolute Gasteiger partial charge is 0.478 e. The third-order valence-corrected chi connectivity index (χ3v) is 5.42. The summed E-state index contributed by atoms with van der Waals surface area (Å²) in [4.78, 5) is 41.6. The number of nitrogens with zero attached hydrogens (tertiary/aromatic N) is 3. The van der Waals surface area contributed by atoms with E-state index >= 15 is 0 Å². The minimum absolute atomic E-state index is 0.0186. The SMILES string of the molecule is O=C(O)c1cccc(N2C(=O)CC(N3CCN(c4ccccc4F)CC3)C2=O)c1. The number of carboxylic acids is 1. The quantitative estimate of drug-likeness (QED) is 0.795. The molecular weight excluding hydrogens is 377 g/mol. The molecule has 1 N–H and O–H groups in total. The zero-order valence-corrected chi connectivity index (χ0v) is 15.6. The number of para-hydroxylation sites is 1. The summed E-state index contributed by atoms with van der Waals surface area (Å²) < 4.78 is 14.0. The van der Waals surface area contributed by atoms with Crippen molar-refractivity contribution in [3.05, 3.63) is 59.9 Å². The summed E-state index contributed by atoms with van der Waals surface area (Å²) in [6, 6.07) is 11.8. The molecule has 2 aliphatic heterocycles. The number of hydrogen-bond donors (Lipinski definition) is 1. The Labute approximate surface area is 166 Å². The molecule has 0 aromatic heterocycles. The van der Waals surface area contributed by atoms with Crippen molar-refractivity contribution in [1.29, 1.82) is 0 Å². The number of anilines is 2. The van der Waals surface area contributed by atoms with Crippen LogP contribution >= 0.6 is 0 Å². The highest BCUT2D eigenvalue weighted by molar-refractivity contribution is 6.22. The number of halogens is 1. The monoisotopic (exact) mass is 397 g/mol. The van der Waals surface area contributed by atoms with Gasteiger partial charge in [-0.2, -0.15) is 0 Å². The van der Waals surface area contributed by atoms with Gasteiger partial charge in [0.05, 0.1) is 29.4 Å². The van der Waals surface area contributed by atoms with Gasteiger partial charge < -0.3 is 10.0 Å². The second kappa shape index (κ2) is 7.63. The number of rotatable bonds is 4. The van der Waals surface area contributed by atoms with Crippen molar-refractivity contribution < 1.29 is 23.9 Å². The lowest BCUT2D eigenvalue weighted by molar-refractivity contribution is -0.123. The average molecular weight is 397 g/mol. The Morgan fingerprint density at radius 3 is 2.41 bits per heavy atom. The lowest BCUT2D eigenvalue weighted by Crippen LogP contribution is -2.52. The van der Waals surface area contributed by atoms with Gasteiger partial charge in [-0.3, -0.25) is 14.5 Å². The van der Waals surface area contributed by atoms with Crippen molar-refractivity contribution in [2.24, 2.45) is 0 Å². The number of carboxylic acid groups (broad SMARTS) is 1. The molecule has 7 nitrogen and oxygen atoms in total. The third kappa shape index (κ3) is 3.58. The first kappa shape index (κ1) is 19.1. The van der Waals surface area contributed by atoms with E-state index < -0.39 is 12.0 Å². The van der Waals surface area contributed by atoms with Gasteiger partial charge in [0, 0.05) is 26.2 Å². The molecule has 29 heavy (non-hydrogen) atoms. The van der Waals surface area contributed by atoms with Crippen molar-refractivity contribution in [1.82, 2.24) is 4.90 Å². The number of imide groups is 1. The first-order chi connectivity index (χ1) is 14.0. The maximum absolute atomic E-state index is 14.0. The molecular formula is C21H20FN3O4. The van der Waals surface area contributed by atoms with E-state index in [-0.39, 0.29) is 35.3 Å². The Bertz CT molecular complexity index is 972. The van der Waals surface area contributed by atoms with E-state index in [1.165, 1.54) is 24.3 Å². The van der Waals surface area contributed by atoms with Gasteiger partial charge in [0.15, 0.2) is 0 Å². The van der Waals surface area contributed by atoms with Crippen LogP contribution in [0, 0.1) is 5.82 Å². The van der Waals surface area contributed by atoms with Crippen LogP contribution < -0.4 is 9.80 Å². The van der Waals surface area contributed by atoms with Gasteiger partial charge in [0.2, 0.25) is 5.91 Å². The van der Waals surface area contributed by atoms with Crippen molar-refractivity contribution >= 4 is 29.2 Å². The van der Waals surface area contributed by atoms with Crippen LogP contribution in [0.15, 0.2) is 48.5 Å². The number of benzene rings is 2. The van der Waals surface area contributed by atoms with Crippen LogP contribution in [0.4, 0.5) is 15.8 Å². The smallest absolute Gasteiger partial charge is 0.335 e. The molecule has 2 aromatic carbocycles. The molecule has 8 heteroatoms. The van der Waals surface area contributed by atoms with Crippen molar-refractivity contribution in [3.63, 3.8) is 0 Å². The van der Waals surface area contributed by atoms with E-state index in [0.29, 0.717) is 31.9 Å². The molecule has 0 aliphatic carbocycles. The average Bonchev–Trinajstić information content (AvgIpc) is 3.02. The minimum atomic E-state index is -1.12. The normalized spacial score (nSPS) is 20.4. The van der Waals surface area contributed by atoms with Crippen LogP contribution in [0.1, 0.15) is 16.8 Å². The second-order valence-corrected chi connectivity index (χ2v) is 7.12. The number of amides is 2. The standard InChI is InChI=1S/C21H20FN3O4/c22-16-6-1-2-7-17(16)23-8-10-24(11-9-23)18-13-19(26)25(20(18)27)15-5-3-4-14(12-15)21(28)29/h1-7,12,18H,8-11,13H2,(H,28,29). The van der Waals surface area contributed by atoms with Crippen LogP contribution in [0.3, 0.4) is 0 Å². The summed E-state index contributed by atoms with van der Waals surface area (Å²) >= 11 is 0. The number of carbonyl (C=O) groups is 3.